The van der Waals surface area contributed by atoms with E-state index in [0.717, 1.165) is 17.9 Å². The fourth-order valence-electron chi connectivity index (χ4n) is 2.41. The Bertz CT molecular complexity index is 334. The molecule has 0 amide bonds. The quantitative estimate of drug-likeness (QED) is 0.870. The molecule has 3 atom stereocenters. The van der Waals surface area contributed by atoms with Crippen LogP contribution in [0.5, 0.6) is 0 Å². The number of rotatable bonds is 2. The lowest BCUT2D eigenvalue weighted by atomic mass is 9.67. The van der Waals surface area contributed by atoms with Crippen LogP contribution in [-0.4, -0.2) is 13.1 Å². The third-order valence-electron chi connectivity index (χ3n) is 3.47. The van der Waals surface area contributed by atoms with Gasteiger partial charge in [-0.2, -0.15) is 0 Å². The lowest BCUT2D eigenvalue weighted by Crippen LogP contribution is -2.46. The van der Waals surface area contributed by atoms with Crippen LogP contribution in [0.4, 0.5) is 0 Å². The van der Waals surface area contributed by atoms with Gasteiger partial charge in [-0.3, -0.25) is 0 Å². The zero-order chi connectivity index (χ0) is 10.3. The van der Waals surface area contributed by atoms with E-state index in [0.29, 0.717) is 0 Å². The Morgan fingerprint density at radius 2 is 2.29 bits per heavy atom. The zero-order valence-corrected chi connectivity index (χ0v) is 11.2. The Balaban J connectivity index is 2.14. The average Bonchev–Trinajstić information content (AvgIpc) is 2.44. The predicted octanol–water partition coefficient (Wildman–Crippen LogP) is 3.53. The molecule has 1 nitrogen and oxygen atoms in total. The molecule has 1 saturated carbocycles. The fraction of sp³-hybridized carbons (Fsp3) is 0.636. The minimum Gasteiger partial charge on any atom is -0.317 e. The van der Waals surface area contributed by atoms with E-state index in [2.05, 4.69) is 48.2 Å². The first kappa shape index (κ1) is 10.7. The first-order valence-electron chi connectivity index (χ1n) is 5.06. The molecule has 2 rings (SSSR count). The Kier molecular flexibility index (Phi) is 3.01. The predicted molar refractivity (Wildman–Crippen MR) is 66.1 cm³/mol. The van der Waals surface area contributed by atoms with Crippen molar-refractivity contribution < 1.29 is 0 Å². The van der Waals surface area contributed by atoms with Crippen molar-refractivity contribution in [1.29, 1.82) is 0 Å². The first-order chi connectivity index (χ1) is 6.63. The summed E-state index contributed by atoms with van der Waals surface area (Å²) in [4.78, 5) is 1.48. The average molecular weight is 274 g/mol. The molecule has 1 N–H and O–H groups in total. The minimum atomic E-state index is 0.720. The summed E-state index contributed by atoms with van der Waals surface area (Å²) in [5, 5.41) is 3.37. The van der Waals surface area contributed by atoms with Gasteiger partial charge in [0.25, 0.3) is 0 Å². The Morgan fingerprint density at radius 1 is 1.57 bits per heavy atom. The van der Waals surface area contributed by atoms with Crippen LogP contribution in [0.3, 0.4) is 0 Å². The van der Waals surface area contributed by atoms with E-state index in [1.165, 1.54) is 15.1 Å². The van der Waals surface area contributed by atoms with Crippen molar-refractivity contribution in [2.24, 2.45) is 5.92 Å². The largest absolute Gasteiger partial charge is 0.317 e. The highest BCUT2D eigenvalue weighted by atomic mass is 79.9. The van der Waals surface area contributed by atoms with Gasteiger partial charge < -0.3 is 5.32 Å². The third-order valence-corrected chi connectivity index (χ3v) is 5.04. The molecule has 3 unspecified atom stereocenters. The zero-order valence-electron chi connectivity index (χ0n) is 8.80. The molecule has 0 spiro atoms. The van der Waals surface area contributed by atoms with Gasteiger partial charge in [0.1, 0.15) is 0 Å². The van der Waals surface area contributed by atoms with Gasteiger partial charge in [0, 0.05) is 10.9 Å². The molecule has 1 aliphatic carbocycles. The number of thiophene rings is 1. The van der Waals surface area contributed by atoms with E-state index in [1.54, 1.807) is 5.56 Å². The maximum absolute atomic E-state index is 3.56. The van der Waals surface area contributed by atoms with Crippen molar-refractivity contribution in [2.75, 3.05) is 7.05 Å². The highest BCUT2D eigenvalue weighted by Gasteiger charge is 2.38. The van der Waals surface area contributed by atoms with Crippen molar-refractivity contribution in [3.63, 3.8) is 0 Å². The van der Waals surface area contributed by atoms with Gasteiger partial charge in [-0.25, -0.2) is 0 Å². The van der Waals surface area contributed by atoms with Gasteiger partial charge in [0.2, 0.25) is 0 Å². The molecule has 0 aromatic carbocycles. The van der Waals surface area contributed by atoms with Crippen LogP contribution in [0.15, 0.2) is 9.85 Å². The Morgan fingerprint density at radius 3 is 2.71 bits per heavy atom. The Labute approximate surface area is 98.0 Å². The van der Waals surface area contributed by atoms with Crippen LogP contribution in [-0.2, 0) is 0 Å². The molecule has 78 valence electrons. The van der Waals surface area contributed by atoms with Crippen LogP contribution in [0.2, 0.25) is 0 Å². The Hall–Kier alpha value is 0.140. The van der Waals surface area contributed by atoms with Crippen LogP contribution in [0.1, 0.15) is 29.7 Å². The highest BCUT2D eigenvalue weighted by molar-refractivity contribution is 9.11. The molecule has 0 aliphatic heterocycles. The molecular weight excluding hydrogens is 258 g/mol. The molecule has 0 saturated heterocycles. The lowest BCUT2D eigenvalue weighted by Gasteiger charge is -2.43. The van der Waals surface area contributed by atoms with Gasteiger partial charge in [-0.05, 0) is 59.8 Å². The molecule has 0 radical (unpaired) electrons. The molecule has 1 fully saturated rings. The number of hydrogen-bond acceptors (Lipinski definition) is 2. The minimum absolute atomic E-state index is 0.720. The van der Waals surface area contributed by atoms with Gasteiger partial charge >= 0.3 is 0 Å². The van der Waals surface area contributed by atoms with E-state index >= 15 is 0 Å². The number of nitrogens with one attached hydrogen (secondary N) is 1. The second kappa shape index (κ2) is 3.95. The molecule has 3 heteroatoms. The van der Waals surface area contributed by atoms with Crippen LogP contribution >= 0.6 is 27.3 Å². The second-order valence-electron chi connectivity index (χ2n) is 4.16. The van der Waals surface area contributed by atoms with E-state index in [4.69, 9.17) is 0 Å². The summed E-state index contributed by atoms with van der Waals surface area (Å²) in [6, 6.07) is 3.02. The molecule has 1 aromatic rings. The normalized spacial score (nSPS) is 31.6. The van der Waals surface area contributed by atoms with Gasteiger partial charge in [-0.1, -0.05) is 6.92 Å². The van der Waals surface area contributed by atoms with Gasteiger partial charge in [-0.15, -0.1) is 11.3 Å². The van der Waals surface area contributed by atoms with Crippen molar-refractivity contribution in [3.8, 4) is 0 Å². The summed E-state index contributed by atoms with van der Waals surface area (Å²) < 4.78 is 1.27. The first-order valence-corrected chi connectivity index (χ1v) is 6.67. The number of aryl methyl sites for hydroxylation is 1. The SMILES string of the molecule is CNC1CC(c2cc(Br)sc2C)C1C. The number of halogens is 1. The van der Waals surface area contributed by atoms with Gasteiger partial charge in [0.15, 0.2) is 0 Å². The molecular formula is C11H16BrNS. The smallest absolute Gasteiger partial charge is 0.0704 e. The fourth-order valence-corrected chi connectivity index (χ4v) is 4.19. The van der Waals surface area contributed by atoms with E-state index in [9.17, 15) is 0 Å². The topological polar surface area (TPSA) is 12.0 Å². The van der Waals surface area contributed by atoms with Crippen molar-refractivity contribution in [2.45, 2.75) is 32.2 Å². The van der Waals surface area contributed by atoms with Gasteiger partial charge in [0.05, 0.1) is 3.79 Å². The highest BCUT2D eigenvalue weighted by Crippen LogP contribution is 2.46. The molecule has 1 aromatic heterocycles. The lowest BCUT2D eigenvalue weighted by molar-refractivity contribution is 0.194. The van der Waals surface area contributed by atoms with E-state index in [1.807, 2.05) is 11.3 Å². The van der Waals surface area contributed by atoms with E-state index < -0.39 is 0 Å². The summed E-state index contributed by atoms with van der Waals surface area (Å²) in [6.07, 6.45) is 1.29. The van der Waals surface area contributed by atoms with Crippen LogP contribution in [0.25, 0.3) is 0 Å². The third kappa shape index (κ3) is 1.66. The standard InChI is InChI=1S/C11H16BrNS/c1-6-8(4-10(6)13-3)9-5-11(12)14-7(9)2/h5-6,8,10,13H,4H2,1-3H3. The molecule has 1 aliphatic rings. The molecule has 1 heterocycles. The summed E-state index contributed by atoms with van der Waals surface area (Å²) in [6.45, 7) is 4.57. The molecule has 0 bridgehead atoms. The monoisotopic (exact) mass is 273 g/mol. The van der Waals surface area contributed by atoms with Crippen molar-refractivity contribution in [3.05, 3.63) is 20.3 Å². The summed E-state index contributed by atoms with van der Waals surface area (Å²) >= 11 is 5.41. The summed E-state index contributed by atoms with van der Waals surface area (Å²) in [5.41, 5.74) is 1.56. The van der Waals surface area contributed by atoms with Crippen molar-refractivity contribution >= 4 is 27.3 Å². The van der Waals surface area contributed by atoms with Crippen LogP contribution in [0, 0.1) is 12.8 Å². The second-order valence-corrected chi connectivity index (χ2v) is 6.79. The van der Waals surface area contributed by atoms with Crippen molar-refractivity contribution in [1.82, 2.24) is 5.32 Å². The maximum atomic E-state index is 3.56. The number of hydrogen-bond donors (Lipinski definition) is 1. The summed E-state index contributed by atoms with van der Waals surface area (Å²) in [7, 11) is 2.06. The van der Waals surface area contributed by atoms with Crippen LogP contribution < -0.4 is 5.32 Å². The summed E-state index contributed by atoms with van der Waals surface area (Å²) in [5.74, 6) is 1.55. The maximum Gasteiger partial charge on any atom is 0.0704 e. The van der Waals surface area contributed by atoms with E-state index in [-0.39, 0.29) is 0 Å². The molecule has 14 heavy (non-hydrogen) atoms.